The lowest BCUT2D eigenvalue weighted by atomic mass is 9.96. The molecule has 1 N–H and O–H groups in total. The van der Waals surface area contributed by atoms with E-state index in [-0.39, 0.29) is 34.4 Å². The first-order valence-corrected chi connectivity index (χ1v) is 12.6. The molecule has 4 nitrogen and oxygen atoms in total. The molecule has 6 heteroatoms. The third kappa shape index (κ3) is 6.14. The average molecular weight is 536 g/mol. The molecule has 37 heavy (non-hydrogen) atoms. The van der Waals surface area contributed by atoms with Gasteiger partial charge in [0.1, 0.15) is 5.75 Å². The zero-order valence-electron chi connectivity index (χ0n) is 20.9. The Morgan fingerprint density at radius 1 is 0.865 bits per heavy atom. The highest BCUT2D eigenvalue weighted by molar-refractivity contribution is 7.59. The molecule has 1 fully saturated rings. The Morgan fingerprint density at radius 3 is 2.49 bits per heavy atom. The van der Waals surface area contributed by atoms with Crippen molar-refractivity contribution in [3.8, 4) is 5.75 Å². The molecule has 0 spiro atoms. The fraction of sp³-hybridized carbons (Fsp3) is 0.355. The van der Waals surface area contributed by atoms with Gasteiger partial charge in [-0.2, -0.15) is 27.0 Å². The second-order valence-corrected chi connectivity index (χ2v) is 9.80. The van der Waals surface area contributed by atoms with Gasteiger partial charge in [-0.3, -0.25) is 4.90 Å². The van der Waals surface area contributed by atoms with Crippen molar-refractivity contribution in [1.29, 1.82) is 0 Å². The van der Waals surface area contributed by atoms with Crippen molar-refractivity contribution in [2.24, 2.45) is 0 Å². The van der Waals surface area contributed by atoms with Crippen LogP contribution in [0.25, 0.3) is 21.7 Å². The first-order valence-electron chi connectivity index (χ1n) is 12.6. The molecule has 1 saturated heterocycles. The lowest BCUT2D eigenvalue weighted by molar-refractivity contribution is 0.137. The van der Waals surface area contributed by atoms with Crippen molar-refractivity contribution >= 4 is 54.4 Å². The second-order valence-electron chi connectivity index (χ2n) is 9.80. The van der Waals surface area contributed by atoms with Crippen molar-refractivity contribution in [2.75, 3.05) is 31.1 Å². The monoisotopic (exact) mass is 535 g/mol. The van der Waals surface area contributed by atoms with Gasteiger partial charge in [0.15, 0.2) is 0 Å². The predicted octanol–water partition coefficient (Wildman–Crippen LogP) is 7.17. The average Bonchev–Trinajstić information content (AvgIpc) is 3.23. The van der Waals surface area contributed by atoms with Crippen LogP contribution >= 0.6 is 27.0 Å². The van der Waals surface area contributed by atoms with E-state index in [1.165, 1.54) is 27.5 Å². The number of nitrogens with zero attached hydrogens (tertiary/aromatic N) is 2. The SMILES string of the molecule is C.Cc1cc2c(OCCCN3C[C@@H]4C/C=C\C[C@H]3CN4c3ccc4ccccc4c3)cccc2[nH]1.S.S. The summed E-state index contributed by atoms with van der Waals surface area (Å²) in [6, 6.07) is 25.1. The highest BCUT2D eigenvalue weighted by atomic mass is 32.1. The number of anilines is 1. The first-order chi connectivity index (χ1) is 16.7. The Bertz CT molecular complexity index is 1330. The molecule has 0 aliphatic carbocycles. The van der Waals surface area contributed by atoms with E-state index in [0.717, 1.165) is 56.8 Å². The minimum absolute atomic E-state index is 0. The third-order valence-electron chi connectivity index (χ3n) is 7.46. The van der Waals surface area contributed by atoms with E-state index in [0.29, 0.717) is 12.1 Å². The molecule has 1 aromatic heterocycles. The predicted molar refractivity (Wildman–Crippen MR) is 169 cm³/mol. The minimum atomic E-state index is 0. The van der Waals surface area contributed by atoms with Crippen LogP contribution in [0, 0.1) is 6.92 Å². The van der Waals surface area contributed by atoms with Gasteiger partial charge < -0.3 is 14.6 Å². The van der Waals surface area contributed by atoms with Gasteiger partial charge in [-0.05, 0) is 67.3 Å². The number of ether oxygens (including phenoxy) is 1. The largest absolute Gasteiger partial charge is 0.493 e. The molecule has 4 heterocycles. The first kappa shape index (κ1) is 29.0. The number of hydrogen-bond donors (Lipinski definition) is 1. The Labute approximate surface area is 235 Å². The smallest absolute Gasteiger partial charge is 0.128 e. The van der Waals surface area contributed by atoms with Gasteiger partial charge in [0.05, 0.1) is 6.61 Å². The number of benzene rings is 3. The molecule has 0 saturated carbocycles. The molecule has 198 valence electrons. The molecular formula is C31H41N3OS2. The van der Waals surface area contributed by atoms with Crippen LogP contribution in [0.5, 0.6) is 5.75 Å². The van der Waals surface area contributed by atoms with E-state index in [2.05, 4.69) is 101 Å². The summed E-state index contributed by atoms with van der Waals surface area (Å²) >= 11 is 0. The molecular weight excluding hydrogens is 494 g/mol. The number of aromatic nitrogens is 1. The molecule has 0 amide bonds. The van der Waals surface area contributed by atoms with Crippen LogP contribution in [-0.4, -0.2) is 48.2 Å². The summed E-state index contributed by atoms with van der Waals surface area (Å²) in [5.74, 6) is 0.987. The zero-order chi connectivity index (χ0) is 22.9. The quantitative estimate of drug-likeness (QED) is 0.210. The molecule has 3 aliphatic rings. The second kappa shape index (κ2) is 12.8. The van der Waals surface area contributed by atoms with E-state index in [1.807, 2.05) is 0 Å². The highest BCUT2D eigenvalue weighted by Gasteiger charge is 2.33. The summed E-state index contributed by atoms with van der Waals surface area (Å²) in [6.45, 7) is 6.14. The van der Waals surface area contributed by atoms with Crippen LogP contribution < -0.4 is 9.64 Å². The van der Waals surface area contributed by atoms with E-state index in [9.17, 15) is 0 Å². The fourth-order valence-electron chi connectivity index (χ4n) is 5.73. The fourth-order valence-corrected chi connectivity index (χ4v) is 5.73. The number of aryl methyl sites for hydroxylation is 1. The van der Waals surface area contributed by atoms with Crippen molar-refractivity contribution in [3.63, 3.8) is 0 Å². The van der Waals surface area contributed by atoms with E-state index in [1.54, 1.807) is 0 Å². The number of H-pyrrole nitrogens is 1. The van der Waals surface area contributed by atoms with Crippen molar-refractivity contribution < 1.29 is 4.74 Å². The van der Waals surface area contributed by atoms with Crippen LogP contribution in [0.3, 0.4) is 0 Å². The minimum Gasteiger partial charge on any atom is -0.493 e. The standard InChI is InChI=1S/C30H33N3O.CH4.2H2S/c1-22-18-28-29(31-22)12-6-13-30(28)34-17-7-16-32-20-27-11-5-4-10-26(32)21-33(27)25-15-14-23-8-2-3-9-24(23)19-25;;;/h2-6,8-9,12-15,18-19,26-27,31H,7,10-11,16-17,20-21H2,1H3;1H4;2*1H2/b5-4-;;;/t26-,27-;;;/m0.../s1. The van der Waals surface area contributed by atoms with E-state index >= 15 is 0 Å². The van der Waals surface area contributed by atoms with Crippen LogP contribution in [0.4, 0.5) is 5.69 Å². The van der Waals surface area contributed by atoms with Gasteiger partial charge in [-0.25, -0.2) is 0 Å². The van der Waals surface area contributed by atoms with Gasteiger partial charge in [0.2, 0.25) is 0 Å². The summed E-state index contributed by atoms with van der Waals surface area (Å²) in [5, 5.41) is 3.83. The number of fused-ring (bicyclic) bond motifs is 6. The lowest BCUT2D eigenvalue weighted by Gasteiger charge is -2.48. The number of piperazine rings is 1. The van der Waals surface area contributed by atoms with Gasteiger partial charge in [-0.15, -0.1) is 0 Å². The summed E-state index contributed by atoms with van der Waals surface area (Å²) in [6.07, 6.45) is 8.07. The van der Waals surface area contributed by atoms with E-state index in [4.69, 9.17) is 4.74 Å². The molecule has 0 radical (unpaired) electrons. The molecule has 2 bridgehead atoms. The molecule has 2 atom stereocenters. The third-order valence-corrected chi connectivity index (χ3v) is 7.46. The summed E-state index contributed by atoms with van der Waals surface area (Å²) in [5.41, 5.74) is 3.69. The van der Waals surface area contributed by atoms with Crippen molar-refractivity contribution in [1.82, 2.24) is 9.88 Å². The Hall–Kier alpha value is -2.54. The van der Waals surface area contributed by atoms with Gasteiger partial charge in [0, 0.05) is 54.0 Å². The maximum atomic E-state index is 6.22. The lowest BCUT2D eigenvalue weighted by Crippen LogP contribution is -2.59. The topological polar surface area (TPSA) is 31.5 Å². The van der Waals surface area contributed by atoms with Gasteiger partial charge in [-0.1, -0.05) is 56.0 Å². The zero-order valence-corrected chi connectivity index (χ0v) is 22.9. The van der Waals surface area contributed by atoms with Crippen molar-refractivity contribution in [2.45, 2.75) is 45.7 Å². The molecule has 7 rings (SSSR count). The van der Waals surface area contributed by atoms with E-state index < -0.39 is 0 Å². The summed E-state index contributed by atoms with van der Waals surface area (Å²) < 4.78 is 6.22. The molecule has 3 aromatic carbocycles. The van der Waals surface area contributed by atoms with Crippen LogP contribution in [-0.2, 0) is 0 Å². The summed E-state index contributed by atoms with van der Waals surface area (Å²) in [4.78, 5) is 8.76. The number of aromatic amines is 1. The molecule has 3 aliphatic heterocycles. The van der Waals surface area contributed by atoms with Crippen LogP contribution in [0.15, 0.2) is 78.9 Å². The Morgan fingerprint density at radius 2 is 1.65 bits per heavy atom. The van der Waals surface area contributed by atoms with Gasteiger partial charge >= 0.3 is 0 Å². The maximum absolute atomic E-state index is 6.22. The van der Waals surface area contributed by atoms with Crippen LogP contribution in [0.1, 0.15) is 32.4 Å². The number of rotatable bonds is 6. The number of nitrogens with one attached hydrogen (secondary N) is 1. The normalized spacial score (nSPS) is 19.9. The van der Waals surface area contributed by atoms with Gasteiger partial charge in [0.25, 0.3) is 0 Å². The van der Waals surface area contributed by atoms with Crippen LogP contribution in [0.2, 0.25) is 0 Å². The highest BCUT2D eigenvalue weighted by Crippen LogP contribution is 2.31. The van der Waals surface area contributed by atoms with Crippen molar-refractivity contribution in [3.05, 3.63) is 84.6 Å². The molecule has 0 unspecified atom stereocenters. The molecule has 4 aromatic rings. The maximum Gasteiger partial charge on any atom is 0.128 e. The summed E-state index contributed by atoms with van der Waals surface area (Å²) in [7, 11) is 0. The Kier molecular flexibility index (Phi) is 10.0. The Balaban J connectivity index is 0.00000127. The number of hydrogen-bond acceptors (Lipinski definition) is 3.